The van der Waals surface area contributed by atoms with Gasteiger partial charge in [-0.1, -0.05) is 31.9 Å². The molecule has 1 rings (SSSR count). The van der Waals surface area contributed by atoms with Crippen LogP contribution in [0.25, 0.3) is 0 Å². The number of aryl methyl sites for hydroxylation is 1. The van der Waals surface area contributed by atoms with Crippen molar-refractivity contribution < 1.29 is 8.76 Å². The van der Waals surface area contributed by atoms with E-state index in [0.29, 0.717) is 4.90 Å². The fraction of sp³-hybridized carbons (Fsp3) is 0.455. The van der Waals surface area contributed by atoms with Gasteiger partial charge in [0.1, 0.15) is 0 Å². The van der Waals surface area contributed by atoms with E-state index in [2.05, 4.69) is 6.92 Å². The van der Waals surface area contributed by atoms with Crippen LogP contribution in [0.5, 0.6) is 0 Å². The van der Waals surface area contributed by atoms with Gasteiger partial charge in [0.25, 0.3) is 0 Å². The van der Waals surface area contributed by atoms with E-state index in [-0.39, 0.29) is 29.6 Å². The van der Waals surface area contributed by atoms with Crippen LogP contribution in [0.1, 0.15) is 31.7 Å². The molecule has 0 radical (unpaired) electrons. The summed E-state index contributed by atoms with van der Waals surface area (Å²) < 4.78 is 19.5. The third-order valence-corrected chi connectivity index (χ3v) is 2.87. The van der Waals surface area contributed by atoms with Crippen LogP contribution in [-0.4, -0.2) is 38.3 Å². The first kappa shape index (κ1) is 15.3. The van der Waals surface area contributed by atoms with Gasteiger partial charge in [0.15, 0.2) is 11.1 Å². The molecule has 1 atom stereocenters. The Hall–Kier alpha value is 0.330. The molecule has 15 heavy (non-hydrogen) atoms. The van der Waals surface area contributed by atoms with Crippen LogP contribution in [0.3, 0.4) is 0 Å². The minimum absolute atomic E-state index is 0. The topological polar surface area (TPSA) is 37.3 Å². The van der Waals surface area contributed by atoms with Crippen LogP contribution in [0, 0.1) is 0 Å². The van der Waals surface area contributed by atoms with Crippen molar-refractivity contribution in [3.05, 3.63) is 29.8 Å². The van der Waals surface area contributed by atoms with Gasteiger partial charge in [0, 0.05) is 0 Å². The number of benzene rings is 1. The number of hydrogen-bond donors (Lipinski definition) is 1. The van der Waals surface area contributed by atoms with Crippen molar-refractivity contribution in [3.63, 3.8) is 0 Å². The summed E-state index contributed by atoms with van der Waals surface area (Å²) in [7, 11) is 0. The average molecular weight is 236 g/mol. The molecule has 0 aliphatic carbocycles. The van der Waals surface area contributed by atoms with E-state index in [1.54, 1.807) is 12.1 Å². The predicted octanol–water partition coefficient (Wildman–Crippen LogP) is 2.35. The van der Waals surface area contributed by atoms with Crippen molar-refractivity contribution in [2.45, 2.75) is 37.5 Å². The summed E-state index contributed by atoms with van der Waals surface area (Å²) in [5.74, 6) is 0. The van der Waals surface area contributed by atoms with Crippen LogP contribution >= 0.6 is 0 Å². The van der Waals surface area contributed by atoms with E-state index in [9.17, 15) is 4.21 Å². The molecule has 0 aliphatic heterocycles. The Balaban J connectivity index is 0.00000196. The molecule has 0 saturated heterocycles. The van der Waals surface area contributed by atoms with Crippen LogP contribution in [0.4, 0.5) is 0 Å². The molecule has 80 valence electrons. The number of rotatable bonds is 5. The van der Waals surface area contributed by atoms with Crippen molar-refractivity contribution in [2.24, 2.45) is 0 Å². The van der Waals surface area contributed by atoms with Crippen molar-refractivity contribution in [1.82, 2.24) is 0 Å². The van der Waals surface area contributed by atoms with Gasteiger partial charge in [0.2, 0.25) is 0 Å². The predicted molar refractivity (Wildman–Crippen MR) is 65.9 cm³/mol. The molecule has 0 heterocycles. The Morgan fingerprint density at radius 3 is 2.27 bits per heavy atom. The molecule has 0 saturated carbocycles. The quantitative estimate of drug-likeness (QED) is 0.484. The maximum atomic E-state index is 10.7. The molecule has 0 fully saturated rings. The molecule has 2 nitrogen and oxygen atoms in total. The van der Waals surface area contributed by atoms with E-state index in [1.165, 1.54) is 24.8 Å². The first-order chi connectivity index (χ1) is 6.74. The van der Waals surface area contributed by atoms with Gasteiger partial charge < -0.3 is 4.55 Å². The third-order valence-electron chi connectivity index (χ3n) is 2.19. The standard InChI is InChI=1S/C11H16O2S.Na.H/c1-2-3-4-5-10-6-8-11(9-7-10)14(12)13;;/h6-9H,2-5H2,1H3,(H,12,13);;. The van der Waals surface area contributed by atoms with Crippen molar-refractivity contribution in [3.8, 4) is 0 Å². The van der Waals surface area contributed by atoms with E-state index in [1.807, 2.05) is 12.1 Å². The van der Waals surface area contributed by atoms with Crippen molar-refractivity contribution >= 4 is 40.6 Å². The van der Waals surface area contributed by atoms with Crippen LogP contribution in [0.2, 0.25) is 0 Å². The second-order valence-corrected chi connectivity index (χ2v) is 4.32. The molecule has 1 aromatic carbocycles. The minimum atomic E-state index is -1.84. The van der Waals surface area contributed by atoms with Crippen LogP contribution in [0.15, 0.2) is 29.2 Å². The Morgan fingerprint density at radius 2 is 1.80 bits per heavy atom. The van der Waals surface area contributed by atoms with Gasteiger partial charge in [-0.05, 0) is 30.5 Å². The van der Waals surface area contributed by atoms with Gasteiger partial charge in [-0.2, -0.15) is 0 Å². The fourth-order valence-electron chi connectivity index (χ4n) is 1.35. The molecule has 0 spiro atoms. The second kappa shape index (κ2) is 8.48. The van der Waals surface area contributed by atoms with Gasteiger partial charge in [-0.3, -0.25) is 0 Å². The number of hydrogen-bond acceptors (Lipinski definition) is 1. The molecule has 0 aliphatic rings. The molecular formula is C11H17NaO2S. The first-order valence-corrected chi connectivity index (χ1v) is 6.04. The summed E-state index contributed by atoms with van der Waals surface area (Å²) in [4.78, 5) is 0.476. The van der Waals surface area contributed by atoms with Crippen molar-refractivity contribution in [1.29, 1.82) is 0 Å². The fourth-order valence-corrected chi connectivity index (χ4v) is 1.72. The molecular weight excluding hydrogens is 219 g/mol. The zero-order valence-corrected chi connectivity index (χ0v) is 9.22. The van der Waals surface area contributed by atoms with Crippen LogP contribution in [-0.2, 0) is 17.5 Å². The second-order valence-electron chi connectivity index (χ2n) is 3.35. The Morgan fingerprint density at radius 1 is 1.20 bits per heavy atom. The van der Waals surface area contributed by atoms with E-state index >= 15 is 0 Å². The van der Waals surface area contributed by atoms with Crippen LogP contribution < -0.4 is 0 Å². The first-order valence-electron chi connectivity index (χ1n) is 4.94. The Bertz CT molecular complexity index is 298. The van der Waals surface area contributed by atoms with Crippen molar-refractivity contribution in [2.75, 3.05) is 0 Å². The Kier molecular flexibility index (Phi) is 8.66. The summed E-state index contributed by atoms with van der Waals surface area (Å²) in [5, 5.41) is 0. The van der Waals surface area contributed by atoms with E-state index < -0.39 is 11.1 Å². The third kappa shape index (κ3) is 5.83. The van der Waals surface area contributed by atoms with Gasteiger partial charge in [0.05, 0.1) is 4.90 Å². The number of unbranched alkanes of at least 4 members (excludes halogenated alkanes) is 2. The summed E-state index contributed by atoms with van der Waals surface area (Å²) in [6, 6.07) is 7.30. The molecule has 1 aromatic rings. The molecule has 1 N–H and O–H groups in total. The van der Waals surface area contributed by atoms with Gasteiger partial charge in [-0.25, -0.2) is 4.21 Å². The van der Waals surface area contributed by atoms with Gasteiger partial charge in [-0.15, -0.1) is 0 Å². The summed E-state index contributed by atoms with van der Waals surface area (Å²) in [6.07, 6.45) is 4.72. The average Bonchev–Trinajstić information content (AvgIpc) is 2.19. The summed E-state index contributed by atoms with van der Waals surface area (Å²) in [5.41, 5.74) is 1.24. The zero-order valence-electron chi connectivity index (χ0n) is 8.40. The molecule has 1 unspecified atom stereocenters. The van der Waals surface area contributed by atoms with Gasteiger partial charge >= 0.3 is 29.6 Å². The molecule has 0 bridgehead atoms. The van der Waals surface area contributed by atoms with E-state index in [0.717, 1.165) is 6.42 Å². The molecule has 0 aromatic heterocycles. The SMILES string of the molecule is CCCCCc1ccc(S(=O)O)cc1.[NaH]. The monoisotopic (exact) mass is 236 g/mol. The van der Waals surface area contributed by atoms with E-state index in [4.69, 9.17) is 4.55 Å². The summed E-state index contributed by atoms with van der Waals surface area (Å²) in [6.45, 7) is 2.18. The molecule has 0 amide bonds. The Labute approximate surface area is 116 Å². The zero-order chi connectivity index (χ0) is 10.4. The maximum absolute atomic E-state index is 10.7. The summed E-state index contributed by atoms with van der Waals surface area (Å²) >= 11 is -1.84. The normalized spacial score (nSPS) is 11.9. The molecule has 4 heteroatoms.